The Labute approximate surface area is 452 Å². The molecular weight excluding hydrogens is 1140 g/mol. The summed E-state index contributed by atoms with van der Waals surface area (Å²) >= 11 is 0. The maximum Gasteiger partial charge on any atom is 0.490 e. The second kappa shape index (κ2) is 29.8. The number of unbranched alkanes of at least 4 members (excludes halogenated alkanes) is 2. The van der Waals surface area contributed by atoms with Crippen molar-refractivity contribution in [3.05, 3.63) is 81.9 Å². The molecule has 1 aliphatic carbocycles. The van der Waals surface area contributed by atoms with Crippen LogP contribution in [-0.2, 0) is 66.7 Å². The molecule has 7 atom stereocenters. The lowest BCUT2D eigenvalue weighted by atomic mass is 9.98. The van der Waals surface area contributed by atoms with Gasteiger partial charge in [0.15, 0.2) is 0 Å². The van der Waals surface area contributed by atoms with Crippen LogP contribution in [0.4, 0.5) is 10.6 Å². The normalized spacial score (nSPS) is 18.3. The van der Waals surface area contributed by atoms with Crippen LogP contribution >= 0.6 is 45.1 Å². The molecule has 2 heterocycles. The summed E-state index contributed by atoms with van der Waals surface area (Å²) in [5, 5.41) is 39.2. The number of hydrogen-bond donors (Lipinski definition) is 12. The highest BCUT2D eigenvalue weighted by Gasteiger charge is 2.43. The summed E-state index contributed by atoms with van der Waals surface area (Å²) in [6.07, 6.45) is -2.65. The Balaban J connectivity index is 1.05. The number of nitrogens with one attached hydrogen (secondary N) is 4. The lowest BCUT2D eigenvalue weighted by Crippen LogP contribution is -2.48. The number of aliphatic hydroxyl groups excluding tert-OH is 1. The van der Waals surface area contributed by atoms with Gasteiger partial charge >= 0.3 is 47.2 Å². The molecule has 1 saturated heterocycles. The lowest BCUT2D eigenvalue weighted by molar-refractivity contribution is -0.143. The molecule has 1 aromatic heterocycles. The predicted molar refractivity (Wildman–Crippen MR) is 278 cm³/mol. The molecule has 2 aliphatic rings. The summed E-state index contributed by atoms with van der Waals surface area (Å²) < 4.78 is 58.8. The Morgan fingerprint density at radius 1 is 0.795 bits per heavy atom. The third-order valence-electron chi connectivity index (χ3n) is 11.7. The summed E-state index contributed by atoms with van der Waals surface area (Å²) in [4.78, 5) is 127. The quantitative estimate of drug-likeness (QED) is 0.0237. The van der Waals surface area contributed by atoms with Crippen LogP contribution in [0.2, 0.25) is 0 Å². The van der Waals surface area contributed by atoms with Gasteiger partial charge in [0, 0.05) is 68.0 Å². The molecule has 2 aromatic carbocycles. The van der Waals surface area contributed by atoms with Crippen LogP contribution in [0.3, 0.4) is 0 Å². The number of fused-ring (bicyclic) bond motifs is 3. The summed E-state index contributed by atoms with van der Waals surface area (Å²) in [5.74, 6) is -3.86. The molecule has 3 aromatic rings. The molecule has 4 amide bonds. The van der Waals surface area contributed by atoms with Crippen LogP contribution in [0, 0.1) is 0 Å². The molecule has 1 fully saturated rings. The highest BCUT2D eigenvalue weighted by Crippen LogP contribution is 2.66. The number of aromatic nitrogens is 2. The van der Waals surface area contributed by atoms with Gasteiger partial charge in [-0.1, -0.05) is 76.5 Å². The van der Waals surface area contributed by atoms with E-state index in [4.69, 9.17) is 30.1 Å². The van der Waals surface area contributed by atoms with Gasteiger partial charge < -0.3 is 71.4 Å². The zero-order chi connectivity index (χ0) is 57.2. The van der Waals surface area contributed by atoms with Crippen LogP contribution in [0.15, 0.2) is 59.5 Å². The highest BCUT2D eigenvalue weighted by molar-refractivity contribution is 8.76. The first-order valence-electron chi connectivity index (χ1n) is 23.9. The highest BCUT2D eigenvalue weighted by atomic mass is 33.1. The first-order chi connectivity index (χ1) is 36.8. The number of phosphoric acid groups is 3. The maximum atomic E-state index is 13.5. The second-order valence-electron chi connectivity index (χ2n) is 17.5. The third kappa shape index (κ3) is 20.8. The van der Waals surface area contributed by atoms with Crippen molar-refractivity contribution in [2.75, 3.05) is 43.5 Å². The number of anilines is 1. The van der Waals surface area contributed by atoms with Crippen molar-refractivity contribution >= 4 is 86.6 Å². The Kier molecular flexibility index (Phi) is 24.3. The number of aryl methyl sites for hydroxylation is 1. The van der Waals surface area contributed by atoms with Crippen LogP contribution < -0.4 is 32.7 Å². The number of nitrogen functional groups attached to an aromatic ring is 1. The van der Waals surface area contributed by atoms with Gasteiger partial charge in [0.25, 0.3) is 0 Å². The van der Waals surface area contributed by atoms with Gasteiger partial charge in [-0.05, 0) is 54.4 Å². The topological polar surface area (TPSA) is 450 Å². The zero-order valence-corrected chi connectivity index (χ0v) is 45.7. The number of amides is 4. The number of nitrogens with two attached hydrogens (primary N) is 1. The predicted octanol–water partition coefficient (Wildman–Crippen LogP) is 2.66. The van der Waals surface area contributed by atoms with Crippen molar-refractivity contribution in [3.8, 4) is 11.1 Å². The van der Waals surface area contributed by atoms with Crippen molar-refractivity contribution in [1.29, 1.82) is 0 Å². The molecule has 0 spiro atoms. The first-order valence-corrected chi connectivity index (χ1v) is 31.0. The van der Waals surface area contributed by atoms with E-state index < -0.39 is 103 Å². The Morgan fingerprint density at radius 2 is 1.46 bits per heavy atom. The van der Waals surface area contributed by atoms with Gasteiger partial charge in [0.1, 0.15) is 36.8 Å². The van der Waals surface area contributed by atoms with Gasteiger partial charge in [-0.15, -0.1) is 0 Å². The standard InChI is InChI=1S/C44H60N7O22P3S2/c45-40-26(22-51(43(60)50-40)38-21-34(52)35(71-38)24-70-75(65,66)73-76(67,68)72-74(62,63)64)9-8-19-46-36(53)17-20-77-78-25-33(41(57)47-18-7-1-2-14-37(54)48-32(42(58)59)15-16-39(55)56)49-44(61)69-23-31-29-12-5-3-10-27(29)28-11-4-6-13-30(28)31/h3-6,10-13,22,31-35,38,52H,1-2,7-9,14-21,23-25H2,(H,46,53)(H,47,57)(H,48,54)(H,49,61)(H,55,56)(H,58,59)(H,65,66)(H,67,68)(H2,45,50,60)(H2,62,63,64)/t32?,33?,34?,35-,38-/m1/s1. The van der Waals surface area contributed by atoms with E-state index in [9.17, 15) is 67.3 Å². The number of aliphatic hydroxyl groups is 1. The van der Waals surface area contributed by atoms with Crippen molar-refractivity contribution < 1.29 is 100.0 Å². The molecule has 13 N–H and O–H groups in total. The van der Waals surface area contributed by atoms with Crippen molar-refractivity contribution in [1.82, 2.24) is 30.8 Å². The molecule has 29 nitrogen and oxygen atoms in total. The van der Waals surface area contributed by atoms with Crippen LogP contribution in [-0.4, -0.2) is 142 Å². The zero-order valence-electron chi connectivity index (χ0n) is 41.4. The average molecular weight is 1200 g/mol. The van der Waals surface area contributed by atoms with Crippen LogP contribution in [0.5, 0.6) is 0 Å². The van der Waals surface area contributed by atoms with E-state index >= 15 is 0 Å². The number of alkyl carbamates (subject to hydrolysis) is 1. The van der Waals surface area contributed by atoms with E-state index in [0.717, 1.165) is 26.8 Å². The molecule has 1 aliphatic heterocycles. The summed E-state index contributed by atoms with van der Waals surface area (Å²) in [5.41, 5.74) is 9.54. The van der Waals surface area contributed by atoms with Gasteiger partial charge in [-0.3, -0.25) is 28.3 Å². The number of nitrogens with zero attached hydrogens (tertiary/aromatic N) is 2. The summed E-state index contributed by atoms with van der Waals surface area (Å²) in [6.45, 7) is -0.596. The molecule has 430 valence electrons. The largest absolute Gasteiger partial charge is 0.490 e. The van der Waals surface area contributed by atoms with E-state index in [1.54, 1.807) is 0 Å². The fraction of sp³-hybridized carbons (Fsp3) is 0.500. The van der Waals surface area contributed by atoms with E-state index in [-0.39, 0.29) is 75.2 Å². The first kappa shape index (κ1) is 63.6. The minimum atomic E-state index is -5.79. The number of phosphoric ester groups is 1. The van der Waals surface area contributed by atoms with Crippen LogP contribution in [0.1, 0.15) is 86.6 Å². The minimum Gasteiger partial charge on any atom is -0.481 e. The molecule has 0 radical (unpaired) electrons. The number of hydrogen-bond acceptors (Lipinski definition) is 20. The van der Waals surface area contributed by atoms with Crippen molar-refractivity contribution in [2.45, 2.75) is 101 Å². The van der Waals surface area contributed by atoms with Crippen molar-refractivity contribution in [3.63, 3.8) is 0 Å². The fourth-order valence-corrected chi connectivity index (χ4v) is 13.2. The summed E-state index contributed by atoms with van der Waals surface area (Å²) in [7, 11) is -14.4. The second-order valence-corrected chi connectivity index (χ2v) is 24.5. The number of ether oxygens (including phenoxy) is 2. The third-order valence-corrected chi connectivity index (χ3v) is 17.9. The molecular formula is C44H60N7O22P3S2. The molecule has 0 bridgehead atoms. The van der Waals surface area contributed by atoms with E-state index in [1.165, 1.54) is 27.8 Å². The Hall–Kier alpha value is -5.23. The number of carboxylic acids is 2. The van der Waals surface area contributed by atoms with Crippen molar-refractivity contribution in [2.24, 2.45) is 0 Å². The molecule has 0 saturated carbocycles. The number of rotatable bonds is 33. The van der Waals surface area contributed by atoms with E-state index in [0.29, 0.717) is 37.0 Å². The van der Waals surface area contributed by atoms with E-state index in [2.05, 4.69) is 39.4 Å². The Bertz CT molecular complexity index is 2780. The smallest absolute Gasteiger partial charge is 0.481 e. The van der Waals surface area contributed by atoms with Gasteiger partial charge in [-0.2, -0.15) is 13.6 Å². The number of aliphatic carboxylic acids is 2. The summed E-state index contributed by atoms with van der Waals surface area (Å²) in [6, 6.07) is 13.2. The average Bonchev–Trinajstić information content (AvgIpc) is 3.91. The lowest BCUT2D eigenvalue weighted by Gasteiger charge is -2.19. The Morgan fingerprint density at radius 3 is 2.12 bits per heavy atom. The SMILES string of the molecule is Nc1nc(=O)n([C@H]2CC(O)[C@@H](COP(=O)(O)OP(=O)(O)OP(=O)(O)O)O2)cc1CCCNC(=O)CCSSCC(NC(=O)OCC1c2ccccc2-c2ccccc21)C(=O)NCCCCCC(=O)NC(CCC(=O)O)C(=O)O. The number of benzene rings is 2. The minimum absolute atomic E-state index is 0.00503. The van der Waals surface area contributed by atoms with E-state index in [1.807, 2.05) is 48.5 Å². The maximum absolute atomic E-state index is 13.5. The molecule has 5 rings (SSSR count). The van der Waals surface area contributed by atoms with Gasteiger partial charge in [-0.25, -0.2) is 28.1 Å². The van der Waals surface area contributed by atoms with Gasteiger partial charge in [0.2, 0.25) is 17.7 Å². The van der Waals surface area contributed by atoms with Gasteiger partial charge in [0.05, 0.1) is 12.7 Å². The monoisotopic (exact) mass is 1200 g/mol. The molecule has 34 heteroatoms. The fourth-order valence-electron chi connectivity index (χ4n) is 8.01. The molecule has 5 unspecified atom stereocenters. The number of carbonyl (C=O) groups excluding carboxylic acids is 4. The molecule has 78 heavy (non-hydrogen) atoms. The number of carbonyl (C=O) groups is 6. The number of carboxylic acid groups (broad SMARTS) is 2. The van der Waals surface area contributed by atoms with Crippen LogP contribution in [0.25, 0.3) is 11.1 Å².